The molecule has 2 atom stereocenters. The number of carbonyl (C=O) groups is 1. The Labute approximate surface area is 221 Å². The second kappa shape index (κ2) is 8.80. The van der Waals surface area contributed by atoms with E-state index in [0.29, 0.717) is 39.1 Å². The summed E-state index contributed by atoms with van der Waals surface area (Å²) in [4.78, 5) is 24.3. The summed E-state index contributed by atoms with van der Waals surface area (Å²) < 4.78 is 31.8. The van der Waals surface area contributed by atoms with Crippen molar-refractivity contribution in [3.05, 3.63) is 94.4 Å². The molecule has 190 valence electrons. The fraction of sp³-hybridized carbons (Fsp3) is 0.241. The van der Waals surface area contributed by atoms with Crippen molar-refractivity contribution >= 4 is 22.9 Å². The minimum absolute atomic E-state index is 0.0560. The van der Waals surface area contributed by atoms with Crippen LogP contribution < -0.4 is 0 Å². The Balaban J connectivity index is 1.32. The quantitative estimate of drug-likeness (QED) is 0.259. The number of aromatic nitrogens is 4. The molecule has 2 aliphatic rings. The lowest BCUT2D eigenvalue weighted by molar-refractivity contribution is 0.0585. The highest BCUT2D eigenvalue weighted by Crippen LogP contribution is 2.41. The molecular weight excluding hydrogens is 504 g/mol. The topological polar surface area (TPSA) is 63.4 Å². The van der Waals surface area contributed by atoms with Gasteiger partial charge in [0.2, 0.25) is 0 Å². The van der Waals surface area contributed by atoms with Gasteiger partial charge in [0.1, 0.15) is 28.4 Å². The van der Waals surface area contributed by atoms with Gasteiger partial charge in [-0.2, -0.15) is 5.10 Å². The van der Waals surface area contributed by atoms with E-state index in [1.807, 2.05) is 36.6 Å². The maximum absolute atomic E-state index is 15.1. The maximum Gasteiger partial charge on any atom is 0.273 e. The van der Waals surface area contributed by atoms with Crippen molar-refractivity contribution in [3.63, 3.8) is 0 Å². The van der Waals surface area contributed by atoms with Crippen LogP contribution in [0.4, 0.5) is 8.78 Å². The van der Waals surface area contributed by atoms with Gasteiger partial charge in [-0.3, -0.25) is 4.79 Å². The Bertz CT molecular complexity index is 1690. The minimum atomic E-state index is -1.28. The second-order valence-electron chi connectivity index (χ2n) is 9.91. The highest BCUT2D eigenvalue weighted by Gasteiger charge is 2.35. The predicted molar refractivity (Wildman–Crippen MR) is 141 cm³/mol. The van der Waals surface area contributed by atoms with Crippen LogP contribution in [0.3, 0.4) is 0 Å². The van der Waals surface area contributed by atoms with Crippen molar-refractivity contribution in [3.8, 4) is 22.0 Å². The van der Waals surface area contributed by atoms with Crippen LogP contribution in [0.15, 0.2) is 66.2 Å². The summed E-state index contributed by atoms with van der Waals surface area (Å²) >= 11 is 1.40. The van der Waals surface area contributed by atoms with E-state index in [0.717, 1.165) is 24.0 Å². The molecule has 1 aliphatic heterocycles. The molecule has 0 radical (unpaired) electrons. The lowest BCUT2D eigenvalue weighted by Crippen LogP contribution is -2.40. The molecule has 5 aromatic rings. The van der Waals surface area contributed by atoms with Crippen molar-refractivity contribution in [2.45, 2.75) is 37.9 Å². The van der Waals surface area contributed by atoms with Gasteiger partial charge in [-0.15, -0.1) is 11.3 Å². The normalized spacial score (nSPS) is 19.1. The number of hydrogen-bond acceptors (Lipinski definition) is 5. The monoisotopic (exact) mass is 527 g/mol. The summed E-state index contributed by atoms with van der Waals surface area (Å²) in [6.07, 6.45) is 2.58. The van der Waals surface area contributed by atoms with E-state index in [4.69, 9.17) is 0 Å². The number of fused-ring (bicyclic) bond motifs is 2. The molecule has 7 rings (SSSR count). The largest absolute Gasteiger partial charge is 0.327 e. The van der Waals surface area contributed by atoms with E-state index in [1.165, 1.54) is 16.2 Å². The summed E-state index contributed by atoms with van der Waals surface area (Å²) in [5.41, 5.74) is 4.33. The third kappa shape index (κ3) is 3.80. The average molecular weight is 528 g/mol. The molecule has 1 fully saturated rings. The van der Waals surface area contributed by atoms with Crippen LogP contribution in [0.1, 0.15) is 65.1 Å². The maximum atomic E-state index is 15.1. The van der Waals surface area contributed by atoms with Crippen LogP contribution in [0, 0.1) is 5.82 Å². The molecule has 38 heavy (non-hydrogen) atoms. The fourth-order valence-electron chi connectivity index (χ4n) is 5.31. The number of carbonyl (C=O) groups excluding carboxylic acids is 1. The molecule has 9 heteroatoms. The molecule has 6 nitrogen and oxygen atoms in total. The van der Waals surface area contributed by atoms with Gasteiger partial charge in [-0.1, -0.05) is 30.3 Å². The Morgan fingerprint density at radius 2 is 1.89 bits per heavy atom. The van der Waals surface area contributed by atoms with Crippen molar-refractivity contribution in [1.82, 2.24) is 24.5 Å². The molecule has 0 saturated heterocycles. The first kappa shape index (κ1) is 23.2. The molecule has 0 N–H and O–H groups in total. The molecule has 2 aromatic carbocycles. The van der Waals surface area contributed by atoms with Gasteiger partial charge < -0.3 is 4.90 Å². The summed E-state index contributed by atoms with van der Waals surface area (Å²) in [5.74, 6) is -0.267. The molecule has 0 bridgehead atoms. The molecule has 2 unspecified atom stereocenters. The lowest BCUT2D eigenvalue weighted by atomic mass is 9.92. The zero-order chi connectivity index (χ0) is 26.0. The Morgan fingerprint density at radius 3 is 2.63 bits per heavy atom. The van der Waals surface area contributed by atoms with Gasteiger partial charge in [-0.25, -0.2) is 23.3 Å². The van der Waals surface area contributed by atoms with Crippen LogP contribution in [0.5, 0.6) is 0 Å². The number of amides is 1. The third-order valence-electron chi connectivity index (χ3n) is 7.48. The van der Waals surface area contributed by atoms with Gasteiger partial charge in [-0.05, 0) is 60.6 Å². The summed E-state index contributed by atoms with van der Waals surface area (Å²) in [6.45, 7) is 1.84. The number of nitrogens with zero attached hydrogens (tertiary/aromatic N) is 5. The molecule has 0 spiro atoms. The van der Waals surface area contributed by atoms with E-state index < -0.39 is 6.17 Å². The molecule has 1 amide bonds. The number of hydrogen-bond donors (Lipinski definition) is 0. The number of halogens is 2. The second-order valence-corrected chi connectivity index (χ2v) is 10.8. The predicted octanol–water partition coefficient (Wildman–Crippen LogP) is 6.76. The van der Waals surface area contributed by atoms with Gasteiger partial charge in [0.25, 0.3) is 5.91 Å². The number of rotatable bonds is 4. The molecular formula is C29H23F2N5OS. The van der Waals surface area contributed by atoms with Crippen LogP contribution in [0.2, 0.25) is 0 Å². The Morgan fingerprint density at radius 1 is 1.08 bits per heavy atom. The Kier molecular flexibility index (Phi) is 5.36. The van der Waals surface area contributed by atoms with Gasteiger partial charge in [0.05, 0.1) is 18.3 Å². The minimum Gasteiger partial charge on any atom is -0.327 e. The van der Waals surface area contributed by atoms with E-state index in [2.05, 4.69) is 15.1 Å². The van der Waals surface area contributed by atoms with Gasteiger partial charge in [0, 0.05) is 23.2 Å². The molecule has 4 heterocycles. The summed E-state index contributed by atoms with van der Waals surface area (Å²) in [7, 11) is 0. The van der Waals surface area contributed by atoms with Crippen LogP contribution in [-0.2, 0) is 0 Å². The van der Waals surface area contributed by atoms with Crippen LogP contribution in [-0.4, -0.2) is 36.9 Å². The highest BCUT2D eigenvalue weighted by atomic mass is 32.1. The van der Waals surface area contributed by atoms with Crippen LogP contribution >= 0.6 is 11.3 Å². The van der Waals surface area contributed by atoms with Crippen LogP contribution in [0.25, 0.3) is 27.6 Å². The van der Waals surface area contributed by atoms with E-state index >= 15 is 8.78 Å². The first-order valence-electron chi connectivity index (χ1n) is 12.6. The first-order valence-corrected chi connectivity index (χ1v) is 13.5. The van der Waals surface area contributed by atoms with Crippen molar-refractivity contribution in [2.75, 3.05) is 6.54 Å². The van der Waals surface area contributed by atoms with Crippen molar-refractivity contribution in [2.24, 2.45) is 0 Å². The standard InChI is InChI=1S/C29H23F2N5OS/c1-16-19-4-2-3-5-20(19)23(31)15-35(16)29(37)25-13-26(28-32-10-11-38-28)36-27(33-25)14-24(34-36)21-9-8-18(12-22(21)30)17-6-7-17/h2-5,8-14,16-17,23H,6-7,15H2,1H3. The highest BCUT2D eigenvalue weighted by molar-refractivity contribution is 7.13. The summed E-state index contributed by atoms with van der Waals surface area (Å²) in [6, 6.07) is 15.6. The zero-order valence-electron chi connectivity index (χ0n) is 20.5. The van der Waals surface area contributed by atoms with Crippen molar-refractivity contribution < 1.29 is 13.6 Å². The van der Waals surface area contributed by atoms with Crippen molar-refractivity contribution in [1.29, 1.82) is 0 Å². The van der Waals surface area contributed by atoms with Gasteiger partial charge >= 0.3 is 0 Å². The van der Waals surface area contributed by atoms with Gasteiger partial charge in [0.15, 0.2) is 5.65 Å². The van der Waals surface area contributed by atoms with E-state index in [9.17, 15) is 4.79 Å². The Hall–Kier alpha value is -3.98. The number of thiazole rings is 1. The SMILES string of the molecule is CC1c2ccccc2C(F)CN1C(=O)c1cc(-c2nccs2)n2nc(-c3ccc(C4CC4)cc3F)cc2n1. The first-order chi connectivity index (χ1) is 18.5. The smallest absolute Gasteiger partial charge is 0.273 e. The molecule has 1 aliphatic carbocycles. The molecule has 3 aromatic heterocycles. The lowest BCUT2D eigenvalue weighted by Gasteiger charge is -2.36. The number of alkyl halides is 1. The third-order valence-corrected chi connectivity index (χ3v) is 8.28. The average Bonchev–Trinajstić information content (AvgIpc) is 3.46. The fourth-order valence-corrected chi connectivity index (χ4v) is 5.95. The van der Waals surface area contributed by atoms with E-state index in [1.54, 1.807) is 41.0 Å². The van der Waals surface area contributed by atoms with E-state index in [-0.39, 0.29) is 30.0 Å². The number of benzene rings is 2. The zero-order valence-corrected chi connectivity index (χ0v) is 21.3. The molecule has 1 saturated carbocycles. The summed E-state index contributed by atoms with van der Waals surface area (Å²) in [5, 5.41) is 7.13.